The molecule has 0 atom stereocenters. The SMILES string of the molecule is [N]#[Mo]([Br])([Br])[Br]. The molecule has 0 aliphatic carbocycles. The summed E-state index contributed by atoms with van der Waals surface area (Å²) >= 11 is 8.86. The molecule has 0 amide bonds. The van der Waals surface area contributed by atoms with Gasteiger partial charge in [-0.1, -0.05) is 0 Å². The fourth-order valence-electron chi connectivity index (χ4n) is 0. The molecule has 5 heteroatoms. The van der Waals surface area contributed by atoms with Crippen molar-refractivity contribution in [3.63, 3.8) is 0 Å². The molecule has 0 fully saturated rings. The van der Waals surface area contributed by atoms with Crippen molar-refractivity contribution >= 4 is 39.9 Å². The van der Waals surface area contributed by atoms with Crippen molar-refractivity contribution in [3.8, 4) is 0 Å². The molecule has 0 N–H and O–H groups in total. The molecule has 0 radical (unpaired) electrons. The summed E-state index contributed by atoms with van der Waals surface area (Å²) in [5, 5.41) is 0. The third-order valence-corrected chi connectivity index (χ3v) is 0. The van der Waals surface area contributed by atoms with Gasteiger partial charge in [0.15, 0.2) is 0 Å². The van der Waals surface area contributed by atoms with Crippen LogP contribution in [0.25, 0.3) is 0 Å². The molecular weight excluding hydrogens is 350 g/mol. The van der Waals surface area contributed by atoms with E-state index in [2.05, 4.69) is 39.9 Å². The second kappa shape index (κ2) is 2.22. The Labute approximate surface area is 52.4 Å². The average molecular weight is 350 g/mol. The molecule has 0 saturated carbocycles. The van der Waals surface area contributed by atoms with E-state index in [-0.39, 0.29) is 0 Å². The second-order valence-corrected chi connectivity index (χ2v) is 34.3. The van der Waals surface area contributed by atoms with Crippen LogP contribution in [0.4, 0.5) is 0 Å². The molecule has 0 rings (SSSR count). The minimum atomic E-state index is -2.58. The predicted molar refractivity (Wildman–Crippen MR) is 28.5 cm³/mol. The molecule has 0 unspecified atom stereocenters. The van der Waals surface area contributed by atoms with Gasteiger partial charge in [-0.05, 0) is 0 Å². The van der Waals surface area contributed by atoms with Crippen LogP contribution in [-0.4, -0.2) is 0 Å². The third-order valence-electron chi connectivity index (χ3n) is 0. The average Bonchev–Trinajstić information content (AvgIpc) is 0.722. The van der Waals surface area contributed by atoms with Gasteiger partial charge >= 0.3 is 53.1 Å². The molecule has 0 aliphatic heterocycles. The molecule has 0 aromatic heterocycles. The minimum absolute atomic E-state index is 2.58. The first-order valence-corrected chi connectivity index (χ1v) is 15.3. The summed E-state index contributed by atoms with van der Waals surface area (Å²) in [6, 6.07) is 0. The van der Waals surface area contributed by atoms with E-state index in [1.807, 2.05) is 0 Å². The van der Waals surface area contributed by atoms with Crippen molar-refractivity contribution in [2.24, 2.45) is 0 Å². The quantitative estimate of drug-likeness (QED) is 0.617. The summed E-state index contributed by atoms with van der Waals surface area (Å²) < 4.78 is 8.46. The first-order chi connectivity index (χ1) is 2.00. The van der Waals surface area contributed by atoms with Gasteiger partial charge < -0.3 is 0 Å². The van der Waals surface area contributed by atoms with Crippen LogP contribution >= 0.6 is 39.9 Å². The molecule has 32 valence electrons. The van der Waals surface area contributed by atoms with Crippen LogP contribution < -0.4 is 0 Å². The summed E-state index contributed by atoms with van der Waals surface area (Å²) in [6.07, 6.45) is 0. The van der Waals surface area contributed by atoms with E-state index < -0.39 is 9.53 Å². The van der Waals surface area contributed by atoms with Gasteiger partial charge in [0.05, 0.1) is 0 Å². The van der Waals surface area contributed by atoms with Gasteiger partial charge in [-0.2, -0.15) is 0 Å². The Morgan fingerprint density at radius 1 is 1.20 bits per heavy atom. The third kappa shape index (κ3) is 25.5. The van der Waals surface area contributed by atoms with Gasteiger partial charge in [0.1, 0.15) is 0 Å². The van der Waals surface area contributed by atoms with Crippen LogP contribution in [0.5, 0.6) is 0 Å². The first-order valence-electron chi connectivity index (χ1n) is 0.645. The topological polar surface area (TPSA) is 23.8 Å². The Morgan fingerprint density at radius 3 is 1.20 bits per heavy atom. The standard InChI is InChI=1S/3BrH.Mo.N/h3*1H;;/q;;;+3;/p-3. The maximum absolute atomic E-state index is 8.46. The molecule has 0 aromatic rings. The van der Waals surface area contributed by atoms with Crippen molar-refractivity contribution in [1.82, 2.24) is 0 Å². The first kappa shape index (κ1) is 6.84. The van der Waals surface area contributed by atoms with Gasteiger partial charge in [0.2, 0.25) is 0 Å². The maximum atomic E-state index is 8.46. The van der Waals surface area contributed by atoms with Crippen LogP contribution in [0.3, 0.4) is 0 Å². The number of hydrogen-bond donors (Lipinski definition) is 0. The van der Waals surface area contributed by atoms with Gasteiger partial charge in [0, 0.05) is 0 Å². The Bertz CT molecular complexity index is 86.0. The summed E-state index contributed by atoms with van der Waals surface area (Å²) in [5.41, 5.74) is 0. The van der Waals surface area contributed by atoms with Gasteiger partial charge in [0.25, 0.3) is 0 Å². The zero-order chi connectivity index (χ0) is 4.50. The van der Waals surface area contributed by atoms with E-state index in [1.165, 1.54) is 0 Å². The molecule has 0 aromatic carbocycles. The summed E-state index contributed by atoms with van der Waals surface area (Å²) in [5.74, 6) is 0. The Morgan fingerprint density at radius 2 is 1.20 bits per heavy atom. The predicted octanol–water partition coefficient (Wildman–Crippen LogP) is 2.55. The summed E-state index contributed by atoms with van der Waals surface area (Å²) in [4.78, 5) is 0. The van der Waals surface area contributed by atoms with E-state index >= 15 is 0 Å². The molecule has 0 heterocycles. The van der Waals surface area contributed by atoms with Crippen molar-refractivity contribution in [1.29, 1.82) is 3.73 Å². The van der Waals surface area contributed by atoms with Crippen LogP contribution in [0.1, 0.15) is 0 Å². The number of nitrogens with zero attached hydrogens (tertiary/aromatic N) is 1. The van der Waals surface area contributed by atoms with E-state index in [9.17, 15) is 0 Å². The van der Waals surface area contributed by atoms with Crippen molar-refractivity contribution in [3.05, 3.63) is 0 Å². The fourth-order valence-corrected chi connectivity index (χ4v) is 0. The van der Waals surface area contributed by atoms with Crippen LogP contribution in [0, 0.1) is 3.73 Å². The molecule has 0 aliphatic rings. The second-order valence-electron chi connectivity index (χ2n) is 0.382. The molecule has 5 heavy (non-hydrogen) atoms. The van der Waals surface area contributed by atoms with Crippen molar-refractivity contribution in [2.45, 2.75) is 0 Å². The van der Waals surface area contributed by atoms with E-state index in [4.69, 9.17) is 3.73 Å². The fraction of sp³-hybridized carbons (Fsp3) is 0. The van der Waals surface area contributed by atoms with Crippen LogP contribution in [0.15, 0.2) is 0 Å². The van der Waals surface area contributed by atoms with Gasteiger partial charge in [-0.15, -0.1) is 0 Å². The summed E-state index contributed by atoms with van der Waals surface area (Å²) in [6.45, 7) is 0. The van der Waals surface area contributed by atoms with Crippen LogP contribution in [-0.2, 0) is 9.53 Å². The molecule has 0 spiro atoms. The Balaban J connectivity index is 3.66. The molecule has 0 saturated heterocycles. The van der Waals surface area contributed by atoms with E-state index in [0.29, 0.717) is 0 Å². The van der Waals surface area contributed by atoms with Crippen molar-refractivity contribution in [2.75, 3.05) is 0 Å². The molecular formula is Br3MoN. The van der Waals surface area contributed by atoms with E-state index in [1.54, 1.807) is 0 Å². The van der Waals surface area contributed by atoms with Gasteiger partial charge in [-0.3, -0.25) is 0 Å². The van der Waals surface area contributed by atoms with E-state index in [0.717, 1.165) is 0 Å². The number of halogens is 3. The number of rotatable bonds is 0. The summed E-state index contributed by atoms with van der Waals surface area (Å²) in [7, 11) is -2.58. The Hall–Kier alpha value is 1.84. The zero-order valence-corrected chi connectivity index (χ0v) is 8.75. The monoisotopic (exact) mass is 349 g/mol. The Kier molecular flexibility index (Phi) is 3.04. The van der Waals surface area contributed by atoms with Gasteiger partial charge in [-0.25, -0.2) is 0 Å². The number of hydrogen-bond acceptors (Lipinski definition) is 1. The van der Waals surface area contributed by atoms with Crippen LogP contribution in [0.2, 0.25) is 0 Å². The normalized spacial score (nSPS) is 11.6. The molecule has 0 bridgehead atoms. The van der Waals surface area contributed by atoms with Crippen molar-refractivity contribution < 1.29 is 9.53 Å². The zero-order valence-electron chi connectivity index (χ0n) is 1.99. The molecule has 1 nitrogen and oxygen atoms in total.